The summed E-state index contributed by atoms with van der Waals surface area (Å²) in [6.07, 6.45) is 1.06. The highest BCUT2D eigenvalue weighted by molar-refractivity contribution is 7.98. The van der Waals surface area contributed by atoms with E-state index < -0.39 is 24.2 Å². The number of nitrogens with one attached hydrogen (secondary N) is 2. The number of carbonyl (C=O) groups excluding carboxylic acids is 2. The van der Waals surface area contributed by atoms with Crippen LogP contribution in [0.25, 0.3) is 0 Å². The molecule has 7 heteroatoms. The lowest BCUT2D eigenvalue weighted by atomic mass is 10.1. The van der Waals surface area contributed by atoms with Gasteiger partial charge in [-0.3, -0.25) is 9.59 Å². The van der Waals surface area contributed by atoms with E-state index in [2.05, 4.69) is 10.6 Å². The van der Waals surface area contributed by atoms with Crippen LogP contribution >= 0.6 is 11.8 Å². The van der Waals surface area contributed by atoms with E-state index in [1.807, 2.05) is 6.26 Å². The molecule has 0 aromatic carbocycles. The van der Waals surface area contributed by atoms with Crippen molar-refractivity contribution in [1.29, 1.82) is 0 Å². The second-order valence-corrected chi connectivity index (χ2v) is 5.03. The van der Waals surface area contributed by atoms with E-state index in [4.69, 9.17) is 5.73 Å². The van der Waals surface area contributed by atoms with E-state index >= 15 is 0 Å². The smallest absolute Gasteiger partial charge is 0.252 e. The summed E-state index contributed by atoms with van der Waals surface area (Å²) in [5, 5.41) is 14.8. The number of aliphatic hydroxyl groups excluding tert-OH is 1. The fourth-order valence-corrected chi connectivity index (χ4v) is 1.79. The Morgan fingerprint density at radius 2 is 2.00 bits per heavy atom. The molecule has 0 spiro atoms. The van der Waals surface area contributed by atoms with Crippen molar-refractivity contribution in [3.8, 4) is 0 Å². The highest BCUT2D eigenvalue weighted by Crippen LogP contribution is 2.02. The topological polar surface area (TPSA) is 104 Å². The van der Waals surface area contributed by atoms with Crippen LogP contribution in [-0.4, -0.2) is 47.2 Å². The number of hydrogen-bond donors (Lipinski definition) is 4. The van der Waals surface area contributed by atoms with Crippen LogP contribution in [-0.2, 0) is 9.59 Å². The van der Waals surface area contributed by atoms with Crippen molar-refractivity contribution in [2.75, 3.05) is 12.0 Å². The third kappa shape index (κ3) is 6.83. The second-order valence-electron chi connectivity index (χ2n) is 4.04. The monoisotopic (exact) mass is 277 g/mol. The molecule has 3 atom stereocenters. The Balaban J connectivity index is 4.10. The van der Waals surface area contributed by atoms with Gasteiger partial charge in [0.1, 0.15) is 6.10 Å². The Morgan fingerprint density at radius 1 is 1.39 bits per heavy atom. The number of nitrogens with two attached hydrogens (primary N) is 1. The van der Waals surface area contributed by atoms with Crippen LogP contribution in [0.3, 0.4) is 0 Å². The number of carbonyl (C=O) groups is 2. The number of thioether (sulfide) groups is 1. The Morgan fingerprint density at radius 3 is 2.50 bits per heavy atom. The van der Waals surface area contributed by atoms with E-state index in [0.29, 0.717) is 12.8 Å². The van der Waals surface area contributed by atoms with Gasteiger partial charge in [0.15, 0.2) is 0 Å². The predicted octanol–water partition coefficient (Wildman–Crippen LogP) is -0.584. The highest BCUT2D eigenvalue weighted by Gasteiger charge is 2.23. The number of hydrogen-bond acceptors (Lipinski definition) is 5. The molecule has 5 N–H and O–H groups in total. The largest absolute Gasteiger partial charge is 0.382 e. The maximum atomic E-state index is 11.6. The van der Waals surface area contributed by atoms with Gasteiger partial charge < -0.3 is 21.5 Å². The molecule has 6 nitrogen and oxygen atoms in total. The summed E-state index contributed by atoms with van der Waals surface area (Å²) >= 11 is 1.60. The lowest BCUT2D eigenvalue weighted by molar-refractivity contribution is -0.131. The molecule has 106 valence electrons. The number of aliphatic hydroxyl groups is 1. The lowest BCUT2D eigenvalue weighted by Crippen LogP contribution is -2.53. The summed E-state index contributed by atoms with van der Waals surface area (Å²) < 4.78 is 0. The number of rotatable bonds is 8. The molecule has 1 unspecified atom stereocenters. The zero-order valence-electron chi connectivity index (χ0n) is 11.1. The molecule has 0 radical (unpaired) electrons. The van der Waals surface area contributed by atoms with Gasteiger partial charge in [0, 0.05) is 12.5 Å². The first-order valence-corrected chi connectivity index (χ1v) is 7.34. The maximum Gasteiger partial charge on any atom is 0.252 e. The minimum absolute atomic E-state index is 0.163. The first-order valence-electron chi connectivity index (χ1n) is 5.94. The highest BCUT2D eigenvalue weighted by atomic mass is 32.2. The molecule has 0 saturated carbocycles. The normalized spacial score (nSPS) is 15.6. The molecule has 0 bridgehead atoms. The van der Waals surface area contributed by atoms with Crippen LogP contribution in [0.2, 0.25) is 0 Å². The van der Waals surface area contributed by atoms with Gasteiger partial charge in [-0.05, 0) is 25.4 Å². The molecular weight excluding hydrogens is 254 g/mol. The summed E-state index contributed by atoms with van der Waals surface area (Å²) in [6, 6.07) is -0.591. The molecule has 0 rings (SSSR count). The predicted molar refractivity (Wildman–Crippen MR) is 73.0 cm³/mol. The fourth-order valence-electron chi connectivity index (χ4n) is 1.28. The zero-order valence-corrected chi connectivity index (χ0v) is 11.9. The average Bonchev–Trinajstić information content (AvgIpc) is 2.34. The lowest BCUT2D eigenvalue weighted by Gasteiger charge is -2.21. The molecule has 18 heavy (non-hydrogen) atoms. The van der Waals surface area contributed by atoms with Crippen molar-refractivity contribution in [3.63, 3.8) is 0 Å². The molecule has 2 amide bonds. The van der Waals surface area contributed by atoms with Gasteiger partial charge in [0.25, 0.3) is 5.91 Å². The Kier molecular flexibility index (Phi) is 8.78. The Hall–Kier alpha value is -0.790. The van der Waals surface area contributed by atoms with Gasteiger partial charge in [0.2, 0.25) is 5.91 Å². The van der Waals surface area contributed by atoms with Gasteiger partial charge in [-0.25, -0.2) is 0 Å². The zero-order chi connectivity index (χ0) is 14.1. The standard InChI is InChI=1S/C11H23N3O3S/c1-4-9(15)13-7(2)14-11(17)10(16)8(12)5-6-18-3/h7-8,10,16H,4-6,12H2,1-3H3,(H,13,15)(H,14,17)/t7-,8-,10?/m0/s1. The maximum absolute atomic E-state index is 11.6. The van der Waals surface area contributed by atoms with Crippen LogP contribution in [0.4, 0.5) is 0 Å². The summed E-state index contributed by atoms with van der Waals surface area (Å²) in [4.78, 5) is 22.7. The van der Waals surface area contributed by atoms with Crippen LogP contribution in [0.5, 0.6) is 0 Å². The molecule has 0 heterocycles. The third-order valence-corrected chi connectivity index (χ3v) is 3.03. The first-order chi connectivity index (χ1) is 8.42. The van der Waals surface area contributed by atoms with Crippen molar-refractivity contribution in [2.24, 2.45) is 5.73 Å². The minimum Gasteiger partial charge on any atom is -0.382 e. The van der Waals surface area contributed by atoms with Crippen LogP contribution in [0.15, 0.2) is 0 Å². The quantitative estimate of drug-likeness (QED) is 0.444. The summed E-state index contributed by atoms with van der Waals surface area (Å²) in [6.45, 7) is 3.35. The molecule has 0 aliphatic heterocycles. The molecule has 0 aliphatic rings. The van der Waals surface area contributed by atoms with E-state index in [-0.39, 0.29) is 5.91 Å². The van der Waals surface area contributed by atoms with Crippen LogP contribution in [0, 0.1) is 0 Å². The summed E-state index contributed by atoms with van der Waals surface area (Å²) in [5.41, 5.74) is 5.70. The van der Waals surface area contributed by atoms with Crippen LogP contribution < -0.4 is 16.4 Å². The van der Waals surface area contributed by atoms with Crippen molar-refractivity contribution in [1.82, 2.24) is 10.6 Å². The van der Waals surface area contributed by atoms with E-state index in [9.17, 15) is 14.7 Å². The average molecular weight is 277 g/mol. The minimum atomic E-state index is -1.25. The fraction of sp³-hybridized carbons (Fsp3) is 0.818. The molecule has 0 aromatic rings. The molecule has 0 aromatic heterocycles. The van der Waals surface area contributed by atoms with Gasteiger partial charge in [0.05, 0.1) is 6.17 Å². The molecular formula is C11H23N3O3S. The summed E-state index contributed by atoms with van der Waals surface area (Å²) in [7, 11) is 0. The third-order valence-electron chi connectivity index (χ3n) is 2.39. The first kappa shape index (κ1) is 17.2. The Bertz CT molecular complexity index is 276. The van der Waals surface area contributed by atoms with Crippen molar-refractivity contribution < 1.29 is 14.7 Å². The summed E-state index contributed by atoms with van der Waals surface area (Å²) in [5.74, 6) is 0.0599. The van der Waals surface area contributed by atoms with Gasteiger partial charge in [-0.1, -0.05) is 6.92 Å². The van der Waals surface area contributed by atoms with Crippen molar-refractivity contribution in [3.05, 3.63) is 0 Å². The van der Waals surface area contributed by atoms with Crippen molar-refractivity contribution in [2.45, 2.75) is 45.0 Å². The van der Waals surface area contributed by atoms with E-state index in [1.165, 1.54) is 0 Å². The van der Waals surface area contributed by atoms with Crippen LogP contribution in [0.1, 0.15) is 26.7 Å². The molecule has 0 fully saturated rings. The number of amides is 2. The SMILES string of the molecule is CCC(=O)N[C@H](C)NC(=O)C(O)[C@@H](N)CCSC. The Labute approximate surface area is 112 Å². The van der Waals surface area contributed by atoms with Gasteiger partial charge in [-0.15, -0.1) is 0 Å². The van der Waals surface area contributed by atoms with Gasteiger partial charge >= 0.3 is 0 Å². The second kappa shape index (κ2) is 9.18. The van der Waals surface area contributed by atoms with Crippen molar-refractivity contribution >= 4 is 23.6 Å². The molecule has 0 aliphatic carbocycles. The van der Waals surface area contributed by atoms with Gasteiger partial charge in [-0.2, -0.15) is 11.8 Å². The van der Waals surface area contributed by atoms with E-state index in [1.54, 1.807) is 25.6 Å². The molecule has 0 saturated heterocycles. The van der Waals surface area contributed by atoms with E-state index in [0.717, 1.165) is 5.75 Å².